The van der Waals surface area contributed by atoms with E-state index < -0.39 is 11.2 Å². The Morgan fingerprint density at radius 1 is 0.540 bits per heavy atom. The third-order valence-corrected chi connectivity index (χ3v) is 10.5. The summed E-state index contributed by atoms with van der Waals surface area (Å²) < 4.78 is 27.4. The van der Waals surface area contributed by atoms with Crippen LogP contribution in [-0.2, 0) is 9.68 Å². The molecule has 10 heteroatoms. The highest BCUT2D eigenvalue weighted by molar-refractivity contribution is 6.02. The zero-order chi connectivity index (χ0) is 34.3. The van der Waals surface area contributed by atoms with Gasteiger partial charge in [-0.3, -0.25) is 9.59 Å². The van der Waals surface area contributed by atoms with E-state index >= 15 is 0 Å². The van der Waals surface area contributed by atoms with Gasteiger partial charge in [0.2, 0.25) is 0 Å². The molecule has 0 aliphatic carbocycles. The van der Waals surface area contributed by atoms with Crippen LogP contribution in [0.5, 0.6) is 0 Å². The monoisotopic (exact) mass is 674 g/mol. The van der Waals surface area contributed by atoms with E-state index in [1.54, 1.807) is 12.1 Å². The molecule has 4 aliphatic heterocycles. The van der Waals surface area contributed by atoms with Crippen LogP contribution >= 0.6 is 0 Å². The van der Waals surface area contributed by atoms with Gasteiger partial charge in [0, 0.05) is 87.0 Å². The molecular formula is C40H36F2N4O4. The zero-order valence-electron chi connectivity index (χ0n) is 27.5. The first-order valence-corrected chi connectivity index (χ1v) is 17.1. The van der Waals surface area contributed by atoms with Crippen molar-refractivity contribution in [2.75, 3.05) is 26.2 Å². The smallest absolute Gasteiger partial charge is 0.253 e. The standard InChI is InChI=1S/C40H36F2N4O4/c41-33-5-1-3-31(23-33)35-25-39(49-43-35)15-19-45(20-16-39)37(47)29-11-7-27(8-12-29)28-9-13-30(14-10-28)38(48)46-21-17-40(18-22-46)26-36(44-50-40)32-4-2-6-34(42)24-32/h1-14,23-24H,15-22,25-26H2. The lowest BCUT2D eigenvalue weighted by Gasteiger charge is -2.37. The van der Waals surface area contributed by atoms with Gasteiger partial charge in [0.15, 0.2) is 0 Å². The summed E-state index contributed by atoms with van der Waals surface area (Å²) in [5, 5.41) is 8.53. The molecule has 2 amide bonds. The molecule has 0 atom stereocenters. The molecule has 2 spiro atoms. The Kier molecular flexibility index (Phi) is 8.17. The first-order chi connectivity index (χ1) is 24.3. The van der Waals surface area contributed by atoms with Crippen molar-refractivity contribution in [3.8, 4) is 11.1 Å². The molecule has 2 fully saturated rings. The Balaban J connectivity index is 0.830. The number of hydrogen-bond donors (Lipinski definition) is 0. The highest BCUT2D eigenvalue weighted by atomic mass is 19.1. The Hall–Kier alpha value is -5.38. The van der Waals surface area contributed by atoms with Crippen LogP contribution in [0.25, 0.3) is 11.1 Å². The number of oxime groups is 2. The van der Waals surface area contributed by atoms with Gasteiger partial charge in [-0.2, -0.15) is 0 Å². The van der Waals surface area contributed by atoms with Crippen molar-refractivity contribution in [2.24, 2.45) is 10.3 Å². The lowest BCUT2D eigenvalue weighted by Crippen LogP contribution is -2.46. The minimum atomic E-state index is -0.458. The molecular weight excluding hydrogens is 638 g/mol. The number of halogens is 2. The van der Waals surface area contributed by atoms with Gasteiger partial charge in [-0.1, -0.05) is 58.8 Å². The molecule has 0 aromatic heterocycles. The van der Waals surface area contributed by atoms with Gasteiger partial charge >= 0.3 is 0 Å². The lowest BCUT2D eigenvalue weighted by atomic mass is 9.85. The van der Waals surface area contributed by atoms with Crippen molar-refractivity contribution in [2.45, 2.75) is 49.7 Å². The number of carbonyl (C=O) groups is 2. The molecule has 8 rings (SSSR count). The van der Waals surface area contributed by atoms with Gasteiger partial charge in [-0.25, -0.2) is 8.78 Å². The molecule has 0 saturated carbocycles. The Morgan fingerprint density at radius 3 is 1.28 bits per heavy atom. The number of benzene rings is 4. The molecule has 0 radical (unpaired) electrons. The predicted molar refractivity (Wildman–Crippen MR) is 185 cm³/mol. The second-order valence-corrected chi connectivity index (χ2v) is 13.7. The predicted octanol–water partition coefficient (Wildman–Crippen LogP) is 7.23. The fraction of sp³-hybridized carbons (Fsp3) is 0.300. The van der Waals surface area contributed by atoms with Crippen LogP contribution in [-0.4, -0.2) is 70.4 Å². The van der Waals surface area contributed by atoms with Gasteiger partial charge in [0.05, 0.1) is 11.4 Å². The Bertz CT molecular complexity index is 1850. The topological polar surface area (TPSA) is 83.8 Å². The average molecular weight is 675 g/mol. The summed E-state index contributed by atoms with van der Waals surface area (Å²) >= 11 is 0. The Labute approximate surface area is 289 Å². The van der Waals surface area contributed by atoms with Gasteiger partial charge in [-0.05, 0) is 59.7 Å². The molecule has 4 heterocycles. The van der Waals surface area contributed by atoms with E-state index in [1.165, 1.54) is 24.3 Å². The van der Waals surface area contributed by atoms with E-state index in [-0.39, 0.29) is 23.4 Å². The van der Waals surface area contributed by atoms with Crippen molar-refractivity contribution in [3.05, 3.63) is 131 Å². The second kappa shape index (κ2) is 12.8. The van der Waals surface area contributed by atoms with Gasteiger partial charge in [-0.15, -0.1) is 0 Å². The number of nitrogens with zero attached hydrogens (tertiary/aromatic N) is 4. The van der Waals surface area contributed by atoms with Crippen molar-refractivity contribution >= 4 is 23.2 Å². The number of carbonyl (C=O) groups excluding carboxylic acids is 2. The maximum atomic E-state index is 13.7. The normalized spacial score (nSPS) is 19.2. The van der Waals surface area contributed by atoms with E-state index in [0.717, 1.165) is 33.7 Å². The quantitative estimate of drug-likeness (QED) is 0.224. The molecule has 254 valence electrons. The van der Waals surface area contributed by atoms with E-state index in [9.17, 15) is 18.4 Å². The van der Waals surface area contributed by atoms with Gasteiger partial charge in [0.1, 0.15) is 22.8 Å². The van der Waals surface area contributed by atoms with E-state index in [2.05, 4.69) is 10.3 Å². The van der Waals surface area contributed by atoms with E-state index in [1.807, 2.05) is 70.5 Å². The molecule has 4 aromatic rings. The molecule has 0 bridgehead atoms. The first-order valence-electron chi connectivity index (χ1n) is 17.1. The van der Waals surface area contributed by atoms with E-state index in [4.69, 9.17) is 9.68 Å². The summed E-state index contributed by atoms with van der Waals surface area (Å²) in [6.07, 6.45) is 3.82. The summed E-state index contributed by atoms with van der Waals surface area (Å²) in [7, 11) is 0. The summed E-state index contributed by atoms with van der Waals surface area (Å²) in [5.41, 5.74) is 5.15. The van der Waals surface area contributed by atoms with Crippen molar-refractivity contribution < 1.29 is 28.0 Å². The summed E-state index contributed by atoms with van der Waals surface area (Å²) in [4.78, 5) is 42.2. The number of hydrogen-bond acceptors (Lipinski definition) is 6. The van der Waals surface area contributed by atoms with Crippen LogP contribution in [0.15, 0.2) is 107 Å². The van der Waals surface area contributed by atoms with Crippen molar-refractivity contribution in [3.63, 3.8) is 0 Å². The minimum Gasteiger partial charge on any atom is -0.388 e. The maximum absolute atomic E-state index is 13.7. The fourth-order valence-corrected chi connectivity index (χ4v) is 7.44. The number of likely N-dealkylation sites (tertiary alicyclic amines) is 2. The highest BCUT2D eigenvalue weighted by Crippen LogP contribution is 2.38. The molecule has 8 nitrogen and oxygen atoms in total. The van der Waals surface area contributed by atoms with Crippen LogP contribution in [0.2, 0.25) is 0 Å². The minimum absolute atomic E-state index is 0.0281. The largest absolute Gasteiger partial charge is 0.388 e. The zero-order valence-corrected chi connectivity index (χ0v) is 27.5. The molecule has 2 saturated heterocycles. The van der Waals surface area contributed by atoms with Crippen LogP contribution in [0.4, 0.5) is 8.78 Å². The summed E-state index contributed by atoms with van der Waals surface area (Å²) in [6, 6.07) is 27.9. The highest BCUT2D eigenvalue weighted by Gasteiger charge is 2.44. The van der Waals surface area contributed by atoms with E-state index in [0.29, 0.717) is 75.8 Å². The number of rotatable bonds is 5. The fourth-order valence-electron chi connectivity index (χ4n) is 7.44. The van der Waals surface area contributed by atoms with Crippen LogP contribution < -0.4 is 0 Å². The van der Waals surface area contributed by atoms with Crippen molar-refractivity contribution in [1.29, 1.82) is 0 Å². The average Bonchev–Trinajstić information content (AvgIpc) is 3.76. The third kappa shape index (κ3) is 6.26. The Morgan fingerprint density at radius 2 is 0.920 bits per heavy atom. The van der Waals surface area contributed by atoms with Crippen LogP contribution in [0.3, 0.4) is 0 Å². The molecule has 4 aromatic carbocycles. The first kappa shape index (κ1) is 31.9. The van der Waals surface area contributed by atoms with Gasteiger partial charge < -0.3 is 19.5 Å². The van der Waals surface area contributed by atoms with Crippen LogP contribution in [0, 0.1) is 11.6 Å². The summed E-state index contributed by atoms with van der Waals surface area (Å²) in [5.74, 6) is -0.662. The SMILES string of the molecule is O=C(c1ccc(-c2ccc(C(=O)N3CCC4(CC3)CC(c3cccc(F)c3)=NO4)cc2)cc1)N1CCC2(CC1)CC(c1cccc(F)c1)=NO2. The van der Waals surface area contributed by atoms with Crippen LogP contribution in [0.1, 0.15) is 70.4 Å². The summed E-state index contributed by atoms with van der Waals surface area (Å²) in [6.45, 7) is 2.21. The lowest BCUT2D eigenvalue weighted by molar-refractivity contribution is -0.0572. The molecule has 0 N–H and O–H groups in total. The van der Waals surface area contributed by atoms with Gasteiger partial charge in [0.25, 0.3) is 11.8 Å². The second-order valence-electron chi connectivity index (χ2n) is 13.7. The number of amides is 2. The molecule has 4 aliphatic rings. The number of piperidine rings is 2. The van der Waals surface area contributed by atoms with Crippen molar-refractivity contribution in [1.82, 2.24) is 9.80 Å². The maximum Gasteiger partial charge on any atom is 0.253 e. The molecule has 50 heavy (non-hydrogen) atoms. The molecule has 0 unspecified atom stereocenters. The third-order valence-electron chi connectivity index (χ3n) is 10.5.